The van der Waals surface area contributed by atoms with Gasteiger partial charge >= 0.3 is 18.9 Å². The van der Waals surface area contributed by atoms with Crippen LogP contribution in [0.15, 0.2) is 11.8 Å². The summed E-state index contributed by atoms with van der Waals surface area (Å²) in [5.74, 6) is 0.394. The van der Waals surface area contributed by atoms with E-state index in [0.29, 0.717) is 0 Å². The Morgan fingerprint density at radius 3 is 1.88 bits per heavy atom. The van der Waals surface area contributed by atoms with E-state index in [2.05, 4.69) is 0 Å². The molecular formula is C6H11LiO. The van der Waals surface area contributed by atoms with Crippen molar-refractivity contribution in [3.8, 4) is 0 Å². The Bertz CT molecular complexity index is 76.6. The first-order valence-corrected chi connectivity index (χ1v) is 2.51. The molecule has 0 aliphatic rings. The summed E-state index contributed by atoms with van der Waals surface area (Å²) in [6.07, 6.45) is 1.60. The van der Waals surface area contributed by atoms with Crippen molar-refractivity contribution >= 4 is 0 Å². The van der Waals surface area contributed by atoms with Crippen LogP contribution in [0.25, 0.3) is 0 Å². The first kappa shape index (κ1) is 11.0. The number of hydrogen-bond acceptors (Lipinski definition) is 1. The molecule has 0 rings (SSSR count). The largest absolute Gasteiger partial charge is 1.00 e. The SMILES string of the molecule is C/C=C(/[O-])C(C)C.[Li+]. The second kappa shape index (κ2) is 5.28. The third-order valence-corrected chi connectivity index (χ3v) is 0.854. The monoisotopic (exact) mass is 106 g/mol. The van der Waals surface area contributed by atoms with Crippen molar-refractivity contribution in [1.29, 1.82) is 0 Å². The van der Waals surface area contributed by atoms with Crippen molar-refractivity contribution in [3.63, 3.8) is 0 Å². The van der Waals surface area contributed by atoms with Crippen LogP contribution in [0.5, 0.6) is 0 Å². The van der Waals surface area contributed by atoms with Crippen LogP contribution in [0, 0.1) is 5.92 Å². The van der Waals surface area contributed by atoms with Crippen LogP contribution in [0.3, 0.4) is 0 Å². The summed E-state index contributed by atoms with van der Waals surface area (Å²) in [5, 5.41) is 10.5. The second-order valence-electron chi connectivity index (χ2n) is 1.85. The van der Waals surface area contributed by atoms with E-state index >= 15 is 0 Å². The molecule has 0 aromatic rings. The van der Waals surface area contributed by atoms with Crippen LogP contribution in [0.1, 0.15) is 20.8 Å². The van der Waals surface area contributed by atoms with Crippen LogP contribution >= 0.6 is 0 Å². The zero-order chi connectivity index (χ0) is 5.86. The van der Waals surface area contributed by atoms with Gasteiger partial charge in [-0.3, -0.25) is 0 Å². The van der Waals surface area contributed by atoms with Crippen LogP contribution in [0.2, 0.25) is 0 Å². The van der Waals surface area contributed by atoms with Gasteiger partial charge in [0.1, 0.15) is 0 Å². The average Bonchev–Trinajstić information content (AvgIpc) is 1.65. The topological polar surface area (TPSA) is 23.1 Å². The number of allylic oxidation sites excluding steroid dienone is 2. The Kier molecular flexibility index (Phi) is 7.26. The molecule has 0 radical (unpaired) electrons. The molecule has 0 aliphatic heterocycles. The molecule has 0 aromatic heterocycles. The summed E-state index contributed by atoms with van der Waals surface area (Å²) >= 11 is 0. The van der Waals surface area contributed by atoms with E-state index in [1.54, 1.807) is 13.0 Å². The third kappa shape index (κ3) is 4.30. The average molecular weight is 106 g/mol. The fraction of sp³-hybridized carbons (Fsp3) is 0.667. The molecule has 0 unspecified atom stereocenters. The third-order valence-electron chi connectivity index (χ3n) is 0.854. The van der Waals surface area contributed by atoms with Crippen molar-refractivity contribution in [2.24, 2.45) is 5.92 Å². The molecule has 8 heavy (non-hydrogen) atoms. The molecule has 42 valence electrons. The van der Waals surface area contributed by atoms with Crippen molar-refractivity contribution < 1.29 is 24.0 Å². The molecule has 0 aliphatic carbocycles. The molecule has 0 N–H and O–H groups in total. The molecule has 0 fully saturated rings. The molecule has 0 spiro atoms. The van der Waals surface area contributed by atoms with E-state index in [9.17, 15) is 5.11 Å². The Balaban J connectivity index is 0. The van der Waals surface area contributed by atoms with Gasteiger partial charge in [0.15, 0.2) is 0 Å². The van der Waals surface area contributed by atoms with Crippen molar-refractivity contribution in [2.75, 3.05) is 0 Å². The second-order valence-corrected chi connectivity index (χ2v) is 1.85. The normalized spacial score (nSPS) is 11.2. The van der Waals surface area contributed by atoms with Gasteiger partial charge in [-0.15, -0.1) is 5.76 Å². The van der Waals surface area contributed by atoms with Crippen LogP contribution < -0.4 is 24.0 Å². The van der Waals surface area contributed by atoms with Gasteiger partial charge < -0.3 is 5.11 Å². The predicted molar refractivity (Wildman–Crippen MR) is 28.6 cm³/mol. The van der Waals surface area contributed by atoms with Gasteiger partial charge in [-0.25, -0.2) is 0 Å². The zero-order valence-corrected chi connectivity index (χ0v) is 6.06. The first-order valence-electron chi connectivity index (χ1n) is 2.51. The van der Waals surface area contributed by atoms with Gasteiger partial charge in [-0.05, 0) is 12.8 Å². The molecule has 0 saturated carbocycles. The summed E-state index contributed by atoms with van der Waals surface area (Å²) in [6.45, 7) is 5.55. The van der Waals surface area contributed by atoms with E-state index in [0.717, 1.165) is 0 Å². The summed E-state index contributed by atoms with van der Waals surface area (Å²) < 4.78 is 0. The van der Waals surface area contributed by atoms with Crippen molar-refractivity contribution in [3.05, 3.63) is 11.8 Å². The van der Waals surface area contributed by atoms with Crippen LogP contribution in [-0.2, 0) is 0 Å². The predicted octanol–water partition coefficient (Wildman–Crippen LogP) is -2.09. The van der Waals surface area contributed by atoms with E-state index in [1.165, 1.54) is 0 Å². The van der Waals surface area contributed by atoms with Crippen molar-refractivity contribution in [1.82, 2.24) is 0 Å². The van der Waals surface area contributed by atoms with Gasteiger partial charge in [-0.1, -0.05) is 19.9 Å². The molecule has 0 heterocycles. The number of hydrogen-bond donors (Lipinski definition) is 0. The summed E-state index contributed by atoms with van der Waals surface area (Å²) in [4.78, 5) is 0. The maximum atomic E-state index is 10.5. The fourth-order valence-electron chi connectivity index (χ4n) is 0.333. The summed E-state index contributed by atoms with van der Waals surface area (Å²) in [6, 6.07) is 0. The van der Waals surface area contributed by atoms with Gasteiger partial charge in [-0.2, -0.15) is 0 Å². The maximum absolute atomic E-state index is 10.5. The summed E-state index contributed by atoms with van der Waals surface area (Å²) in [7, 11) is 0. The standard InChI is InChI=1S/C6H12O.Li/c1-4-6(7)5(2)3;/h4-5,7H,1-3H3;/q;+1/p-1/b6-4+;. The first-order chi connectivity index (χ1) is 3.18. The minimum absolute atomic E-state index is 0. The van der Waals surface area contributed by atoms with Crippen molar-refractivity contribution in [2.45, 2.75) is 20.8 Å². The fourth-order valence-corrected chi connectivity index (χ4v) is 0.333. The molecule has 0 saturated heterocycles. The Labute approximate surface area is 63.0 Å². The minimum Gasteiger partial charge on any atom is -0.875 e. The van der Waals surface area contributed by atoms with Crippen LogP contribution in [-0.4, -0.2) is 0 Å². The van der Waals surface area contributed by atoms with Gasteiger partial charge in [0.05, 0.1) is 0 Å². The maximum Gasteiger partial charge on any atom is 1.00 e. The Morgan fingerprint density at radius 2 is 1.88 bits per heavy atom. The molecule has 0 amide bonds. The Hall–Kier alpha value is 0.137. The quantitative estimate of drug-likeness (QED) is 0.277. The molecular weight excluding hydrogens is 95.0 g/mol. The van der Waals surface area contributed by atoms with E-state index < -0.39 is 0 Å². The van der Waals surface area contributed by atoms with Gasteiger partial charge in [0, 0.05) is 0 Å². The molecule has 0 bridgehead atoms. The van der Waals surface area contributed by atoms with Gasteiger partial charge in [0.25, 0.3) is 0 Å². The molecule has 2 heteroatoms. The minimum atomic E-state index is 0. The Morgan fingerprint density at radius 1 is 1.50 bits per heavy atom. The van der Waals surface area contributed by atoms with Gasteiger partial charge in [0.2, 0.25) is 0 Å². The smallest absolute Gasteiger partial charge is 0.875 e. The number of rotatable bonds is 1. The molecule has 0 atom stereocenters. The van der Waals surface area contributed by atoms with E-state index in [4.69, 9.17) is 0 Å². The molecule has 1 nitrogen and oxygen atoms in total. The van der Waals surface area contributed by atoms with Crippen LogP contribution in [0.4, 0.5) is 0 Å². The zero-order valence-electron chi connectivity index (χ0n) is 6.06. The van der Waals surface area contributed by atoms with E-state index in [-0.39, 0.29) is 30.5 Å². The summed E-state index contributed by atoms with van der Waals surface area (Å²) in [5.41, 5.74) is 0. The van der Waals surface area contributed by atoms with E-state index in [1.807, 2.05) is 13.8 Å². The molecule has 0 aromatic carbocycles.